The number of amides is 3. The predicted octanol–water partition coefficient (Wildman–Crippen LogP) is 1.67. The van der Waals surface area contributed by atoms with Crippen LogP contribution in [0.4, 0.5) is 14.9 Å². The van der Waals surface area contributed by atoms with Gasteiger partial charge in [-0.05, 0) is 39.0 Å². The summed E-state index contributed by atoms with van der Waals surface area (Å²) in [6, 6.07) is 3.41. The van der Waals surface area contributed by atoms with Crippen LogP contribution < -0.4 is 5.32 Å². The Morgan fingerprint density at radius 3 is 2.68 bits per heavy atom. The Kier molecular flexibility index (Phi) is 3.68. The zero-order valence-electron chi connectivity index (χ0n) is 13.9. The molecule has 1 aromatic carbocycles. The maximum absolute atomic E-state index is 13.6. The predicted molar refractivity (Wildman–Crippen MR) is 85.0 cm³/mol. The molecule has 8 heteroatoms. The van der Waals surface area contributed by atoms with Crippen molar-refractivity contribution in [1.82, 2.24) is 4.90 Å². The van der Waals surface area contributed by atoms with Gasteiger partial charge < -0.3 is 15.2 Å². The van der Waals surface area contributed by atoms with E-state index >= 15 is 0 Å². The van der Waals surface area contributed by atoms with Crippen LogP contribution in [0.2, 0.25) is 0 Å². The fraction of sp³-hybridized carbons (Fsp3) is 0.353. The summed E-state index contributed by atoms with van der Waals surface area (Å²) >= 11 is 0. The molecule has 25 heavy (non-hydrogen) atoms. The first-order valence-electron chi connectivity index (χ1n) is 7.63. The van der Waals surface area contributed by atoms with Crippen molar-refractivity contribution >= 4 is 23.6 Å². The van der Waals surface area contributed by atoms with E-state index in [1.54, 1.807) is 20.8 Å². The number of carbonyl (C=O) groups excluding carboxylic acids is 3. The average molecular weight is 348 g/mol. The summed E-state index contributed by atoms with van der Waals surface area (Å²) in [5, 5.41) is 13.3. The molecule has 1 aromatic rings. The van der Waals surface area contributed by atoms with Crippen molar-refractivity contribution in [3.63, 3.8) is 0 Å². The maximum Gasteiger partial charge on any atom is 0.417 e. The number of hydrogen-bond donors (Lipinski definition) is 2. The summed E-state index contributed by atoms with van der Waals surface area (Å²) in [6.45, 7) is 4.80. The second-order valence-electron chi connectivity index (χ2n) is 6.87. The van der Waals surface area contributed by atoms with Crippen molar-refractivity contribution in [3.8, 4) is 0 Å². The van der Waals surface area contributed by atoms with E-state index in [2.05, 4.69) is 5.32 Å². The molecular weight excluding hydrogens is 331 g/mol. The van der Waals surface area contributed by atoms with E-state index in [4.69, 9.17) is 4.74 Å². The lowest BCUT2D eigenvalue weighted by Crippen LogP contribution is -2.44. The zero-order valence-corrected chi connectivity index (χ0v) is 13.9. The summed E-state index contributed by atoms with van der Waals surface area (Å²) in [7, 11) is 0. The Bertz CT molecular complexity index is 827. The molecule has 0 aliphatic carbocycles. The van der Waals surface area contributed by atoms with Crippen LogP contribution >= 0.6 is 0 Å². The van der Waals surface area contributed by atoms with Gasteiger partial charge in [-0.25, -0.2) is 14.1 Å². The third kappa shape index (κ3) is 2.68. The largest absolute Gasteiger partial charge is 0.443 e. The van der Waals surface area contributed by atoms with E-state index in [-0.39, 0.29) is 23.4 Å². The smallest absolute Gasteiger partial charge is 0.417 e. The lowest BCUT2D eigenvalue weighted by Gasteiger charge is -2.25. The van der Waals surface area contributed by atoms with Crippen molar-refractivity contribution in [3.05, 3.63) is 41.2 Å². The number of benzene rings is 1. The van der Waals surface area contributed by atoms with Gasteiger partial charge in [0.05, 0.1) is 12.1 Å². The van der Waals surface area contributed by atoms with Gasteiger partial charge in [-0.2, -0.15) is 0 Å². The SMILES string of the molecule is CC(C)(C)OC(=O)N1CC=C(C2(O)C(=O)Nc3ccc(F)cc32)C1=O. The van der Waals surface area contributed by atoms with E-state index in [0.717, 1.165) is 17.0 Å². The molecule has 0 fully saturated rings. The Hall–Kier alpha value is -2.74. The third-order valence-corrected chi connectivity index (χ3v) is 3.91. The van der Waals surface area contributed by atoms with Crippen LogP contribution in [0.25, 0.3) is 0 Å². The minimum atomic E-state index is -2.36. The molecular formula is C17H17FN2O5. The Morgan fingerprint density at radius 1 is 1.36 bits per heavy atom. The lowest BCUT2D eigenvalue weighted by atomic mass is 9.87. The van der Waals surface area contributed by atoms with E-state index in [1.165, 1.54) is 12.1 Å². The van der Waals surface area contributed by atoms with Gasteiger partial charge >= 0.3 is 6.09 Å². The van der Waals surface area contributed by atoms with Crippen LogP contribution in [0.5, 0.6) is 0 Å². The molecule has 3 rings (SSSR count). The number of aliphatic hydroxyl groups is 1. The molecule has 2 heterocycles. The molecule has 0 bridgehead atoms. The minimum absolute atomic E-state index is 0.0665. The van der Waals surface area contributed by atoms with Gasteiger partial charge in [-0.15, -0.1) is 0 Å². The van der Waals surface area contributed by atoms with Gasteiger partial charge in [0, 0.05) is 11.3 Å². The summed E-state index contributed by atoms with van der Waals surface area (Å²) < 4.78 is 18.7. The number of nitrogens with zero attached hydrogens (tertiary/aromatic N) is 1. The monoisotopic (exact) mass is 348 g/mol. The van der Waals surface area contributed by atoms with E-state index in [0.29, 0.717) is 0 Å². The van der Waals surface area contributed by atoms with Crippen molar-refractivity contribution in [2.45, 2.75) is 32.0 Å². The number of anilines is 1. The summed E-state index contributed by atoms with van der Waals surface area (Å²) in [6.07, 6.45) is 0.386. The van der Waals surface area contributed by atoms with Crippen LogP contribution in [0.1, 0.15) is 26.3 Å². The number of imide groups is 1. The first kappa shape index (κ1) is 17.1. The Labute approximate surface area is 143 Å². The molecule has 2 aliphatic heterocycles. The second kappa shape index (κ2) is 5.38. The van der Waals surface area contributed by atoms with Crippen molar-refractivity contribution in [1.29, 1.82) is 0 Å². The second-order valence-corrected chi connectivity index (χ2v) is 6.87. The van der Waals surface area contributed by atoms with Crippen LogP contribution in [0.15, 0.2) is 29.8 Å². The molecule has 7 nitrogen and oxygen atoms in total. The maximum atomic E-state index is 13.6. The fourth-order valence-corrected chi connectivity index (χ4v) is 2.80. The molecule has 3 amide bonds. The zero-order chi connectivity index (χ0) is 18.6. The van der Waals surface area contributed by atoms with Gasteiger partial charge in [0.1, 0.15) is 11.4 Å². The highest BCUT2D eigenvalue weighted by Crippen LogP contribution is 2.43. The molecule has 0 spiro atoms. The molecule has 0 saturated carbocycles. The quantitative estimate of drug-likeness (QED) is 0.805. The number of rotatable bonds is 1. The molecule has 0 radical (unpaired) electrons. The molecule has 0 aromatic heterocycles. The molecule has 132 valence electrons. The number of fused-ring (bicyclic) bond motifs is 1. The molecule has 1 atom stereocenters. The van der Waals surface area contributed by atoms with Crippen LogP contribution in [-0.4, -0.2) is 40.1 Å². The summed E-state index contributed by atoms with van der Waals surface area (Å²) in [5.41, 5.74) is -3.33. The van der Waals surface area contributed by atoms with E-state index in [9.17, 15) is 23.9 Å². The van der Waals surface area contributed by atoms with Crippen molar-refractivity contribution in [2.24, 2.45) is 0 Å². The van der Waals surface area contributed by atoms with E-state index in [1.807, 2.05) is 0 Å². The highest BCUT2D eigenvalue weighted by molar-refractivity contribution is 6.16. The lowest BCUT2D eigenvalue weighted by molar-refractivity contribution is -0.136. The van der Waals surface area contributed by atoms with Crippen molar-refractivity contribution in [2.75, 3.05) is 11.9 Å². The first-order chi connectivity index (χ1) is 11.5. The first-order valence-corrected chi connectivity index (χ1v) is 7.63. The number of hydrogen-bond acceptors (Lipinski definition) is 5. The Balaban J connectivity index is 1.94. The Morgan fingerprint density at radius 2 is 2.04 bits per heavy atom. The summed E-state index contributed by atoms with van der Waals surface area (Å²) in [5.74, 6) is -2.40. The third-order valence-electron chi connectivity index (χ3n) is 3.91. The normalized spacial score (nSPS) is 22.6. The molecule has 1 unspecified atom stereocenters. The van der Waals surface area contributed by atoms with Gasteiger partial charge in [0.2, 0.25) is 5.60 Å². The van der Waals surface area contributed by atoms with Crippen LogP contribution in [0, 0.1) is 5.82 Å². The summed E-state index contributed by atoms with van der Waals surface area (Å²) in [4.78, 5) is 37.8. The van der Waals surface area contributed by atoms with Crippen molar-refractivity contribution < 1.29 is 28.6 Å². The topological polar surface area (TPSA) is 95.9 Å². The highest BCUT2D eigenvalue weighted by Gasteiger charge is 2.54. The van der Waals surface area contributed by atoms with Gasteiger partial charge in [-0.1, -0.05) is 6.08 Å². The minimum Gasteiger partial charge on any atom is -0.443 e. The standard InChI is InChI=1S/C17H17FN2O5/c1-16(2,3)25-15(23)20-7-6-10(13(20)21)17(24)11-8-9(18)4-5-12(11)19-14(17)22/h4-6,8,24H,7H2,1-3H3,(H,19,22). The van der Waals surface area contributed by atoms with Crippen LogP contribution in [-0.2, 0) is 19.9 Å². The number of carbonyl (C=O) groups is 3. The average Bonchev–Trinajstić information content (AvgIpc) is 2.98. The fourth-order valence-electron chi connectivity index (χ4n) is 2.80. The van der Waals surface area contributed by atoms with Gasteiger partial charge in [-0.3, -0.25) is 9.59 Å². The highest BCUT2D eigenvalue weighted by atomic mass is 19.1. The number of nitrogens with one attached hydrogen (secondary N) is 1. The van der Waals surface area contributed by atoms with Gasteiger partial charge in [0.15, 0.2) is 0 Å². The molecule has 0 saturated heterocycles. The number of halogens is 1. The number of ether oxygens (including phenoxy) is 1. The molecule has 2 N–H and O–H groups in total. The van der Waals surface area contributed by atoms with E-state index < -0.39 is 34.9 Å². The molecule has 2 aliphatic rings. The van der Waals surface area contributed by atoms with Crippen LogP contribution in [0.3, 0.4) is 0 Å². The van der Waals surface area contributed by atoms with Gasteiger partial charge in [0.25, 0.3) is 11.8 Å².